The van der Waals surface area contributed by atoms with Crippen LogP contribution < -0.4 is 0 Å². The fourth-order valence-corrected chi connectivity index (χ4v) is 3.09. The van der Waals surface area contributed by atoms with Crippen molar-refractivity contribution in [2.24, 2.45) is 0 Å². The summed E-state index contributed by atoms with van der Waals surface area (Å²) in [6.45, 7) is 0.744. The van der Waals surface area contributed by atoms with Crippen molar-refractivity contribution in [2.75, 3.05) is 12.9 Å². The van der Waals surface area contributed by atoms with E-state index in [1.807, 2.05) is 17.0 Å². The van der Waals surface area contributed by atoms with Gasteiger partial charge in [0, 0.05) is 18.1 Å². The van der Waals surface area contributed by atoms with Crippen LogP contribution in [0.25, 0.3) is 10.9 Å². The van der Waals surface area contributed by atoms with Gasteiger partial charge in [0.25, 0.3) is 5.69 Å². The van der Waals surface area contributed by atoms with Gasteiger partial charge in [-0.15, -0.1) is 11.8 Å². The van der Waals surface area contributed by atoms with E-state index in [0.29, 0.717) is 4.90 Å². The van der Waals surface area contributed by atoms with Gasteiger partial charge in [-0.05, 0) is 31.6 Å². The third-order valence-electron chi connectivity index (χ3n) is 3.52. The molecule has 0 aliphatic carbocycles. The molecule has 0 bridgehead atoms. The second kappa shape index (κ2) is 5.41. The number of nitro benzene ring substituents is 1. The summed E-state index contributed by atoms with van der Waals surface area (Å²) in [7, 11) is 0. The summed E-state index contributed by atoms with van der Waals surface area (Å²) < 4.78 is 7.59. The Morgan fingerprint density at radius 2 is 2.35 bits per heavy atom. The number of fused-ring (bicyclic) bond motifs is 1. The van der Waals surface area contributed by atoms with Crippen molar-refractivity contribution in [1.82, 2.24) is 9.78 Å². The summed E-state index contributed by atoms with van der Waals surface area (Å²) in [5, 5.41) is 16.2. The van der Waals surface area contributed by atoms with Gasteiger partial charge in [-0.2, -0.15) is 5.10 Å². The minimum absolute atomic E-state index is 0.0580. The fourth-order valence-electron chi connectivity index (χ4n) is 2.51. The molecule has 1 aliphatic rings. The zero-order valence-corrected chi connectivity index (χ0v) is 11.9. The van der Waals surface area contributed by atoms with Gasteiger partial charge in [0.2, 0.25) is 0 Å². The summed E-state index contributed by atoms with van der Waals surface area (Å²) >= 11 is 1.37. The molecule has 0 saturated carbocycles. The zero-order chi connectivity index (χ0) is 14.1. The Morgan fingerprint density at radius 3 is 3.00 bits per heavy atom. The lowest BCUT2D eigenvalue weighted by atomic mass is 10.2. The molecule has 3 rings (SSSR count). The van der Waals surface area contributed by atoms with Gasteiger partial charge in [-0.1, -0.05) is 0 Å². The Bertz CT molecular complexity index is 650. The Kier molecular flexibility index (Phi) is 3.62. The predicted octanol–water partition coefficient (Wildman–Crippen LogP) is 3.37. The second-order valence-electron chi connectivity index (χ2n) is 4.75. The monoisotopic (exact) mass is 293 g/mol. The molecule has 1 aromatic heterocycles. The number of hydrogen-bond donors (Lipinski definition) is 0. The third-order valence-corrected chi connectivity index (χ3v) is 4.29. The molecule has 2 aromatic rings. The molecular weight excluding hydrogens is 278 g/mol. The molecular formula is C13H15N3O3S. The van der Waals surface area contributed by atoms with Gasteiger partial charge in [0.05, 0.1) is 21.5 Å². The number of benzene rings is 1. The molecule has 1 atom stereocenters. The number of hydrogen-bond acceptors (Lipinski definition) is 5. The highest BCUT2D eigenvalue weighted by molar-refractivity contribution is 7.98. The van der Waals surface area contributed by atoms with Gasteiger partial charge < -0.3 is 4.74 Å². The summed E-state index contributed by atoms with van der Waals surface area (Å²) in [5.41, 5.74) is 1.03. The SMILES string of the molecule is CSc1cc2c(cnn2C2CCCCO2)cc1[N+](=O)[O-]. The average molecular weight is 293 g/mol. The minimum Gasteiger partial charge on any atom is -0.356 e. The molecule has 2 heterocycles. The van der Waals surface area contributed by atoms with Crippen molar-refractivity contribution in [1.29, 1.82) is 0 Å². The van der Waals surface area contributed by atoms with Gasteiger partial charge >= 0.3 is 0 Å². The molecule has 0 amide bonds. The Hall–Kier alpha value is -1.60. The number of thioether (sulfide) groups is 1. The van der Waals surface area contributed by atoms with Crippen LogP contribution in [0.3, 0.4) is 0 Å². The fraction of sp³-hybridized carbons (Fsp3) is 0.462. The highest BCUT2D eigenvalue weighted by Crippen LogP contribution is 2.34. The first-order chi connectivity index (χ1) is 9.70. The van der Waals surface area contributed by atoms with Gasteiger partial charge in [0.15, 0.2) is 6.23 Å². The summed E-state index contributed by atoms with van der Waals surface area (Å²) in [6.07, 6.45) is 6.59. The van der Waals surface area contributed by atoms with Crippen molar-refractivity contribution in [3.63, 3.8) is 0 Å². The van der Waals surface area contributed by atoms with Gasteiger partial charge in [0.1, 0.15) is 0 Å². The van der Waals surface area contributed by atoms with E-state index in [-0.39, 0.29) is 16.8 Å². The summed E-state index contributed by atoms with van der Waals surface area (Å²) in [6, 6.07) is 3.43. The van der Waals surface area contributed by atoms with Crippen LogP contribution in [0.1, 0.15) is 25.5 Å². The Morgan fingerprint density at radius 1 is 1.50 bits per heavy atom. The maximum Gasteiger partial charge on any atom is 0.283 e. The van der Waals surface area contributed by atoms with E-state index < -0.39 is 0 Å². The lowest BCUT2D eigenvalue weighted by molar-refractivity contribution is -0.387. The topological polar surface area (TPSA) is 70.2 Å². The molecule has 0 radical (unpaired) electrons. The largest absolute Gasteiger partial charge is 0.356 e. The molecule has 106 valence electrons. The van der Waals surface area contributed by atoms with Crippen LogP contribution in [0.4, 0.5) is 5.69 Å². The van der Waals surface area contributed by atoms with Crippen LogP contribution in [0.5, 0.6) is 0 Å². The van der Waals surface area contributed by atoms with E-state index in [1.54, 1.807) is 12.3 Å². The van der Waals surface area contributed by atoms with Crippen molar-refractivity contribution >= 4 is 28.4 Å². The standard InChI is InChI=1S/C13H15N3O3S/c1-20-12-7-10-9(6-11(12)16(17)18)8-14-15(10)13-4-2-3-5-19-13/h6-8,13H,2-5H2,1H3. The molecule has 20 heavy (non-hydrogen) atoms. The second-order valence-corrected chi connectivity index (χ2v) is 5.60. The van der Waals surface area contributed by atoms with Crippen molar-refractivity contribution in [3.05, 3.63) is 28.4 Å². The molecule has 1 aromatic carbocycles. The Balaban J connectivity index is 2.09. The van der Waals surface area contributed by atoms with Crippen LogP contribution in [0.2, 0.25) is 0 Å². The highest BCUT2D eigenvalue weighted by Gasteiger charge is 2.21. The zero-order valence-electron chi connectivity index (χ0n) is 11.1. The quantitative estimate of drug-likeness (QED) is 0.493. The van der Waals surface area contributed by atoms with E-state index in [9.17, 15) is 10.1 Å². The number of rotatable bonds is 3. The smallest absolute Gasteiger partial charge is 0.283 e. The van der Waals surface area contributed by atoms with Crippen LogP contribution in [0.15, 0.2) is 23.2 Å². The van der Waals surface area contributed by atoms with Crippen LogP contribution >= 0.6 is 11.8 Å². The molecule has 7 heteroatoms. The molecule has 0 spiro atoms. The first-order valence-electron chi connectivity index (χ1n) is 6.52. The lowest BCUT2D eigenvalue weighted by Crippen LogP contribution is -2.18. The summed E-state index contributed by atoms with van der Waals surface area (Å²) in [4.78, 5) is 11.4. The first kappa shape index (κ1) is 13.4. The lowest BCUT2D eigenvalue weighted by Gasteiger charge is -2.23. The summed E-state index contributed by atoms with van der Waals surface area (Å²) in [5.74, 6) is 0. The predicted molar refractivity (Wildman–Crippen MR) is 77.0 cm³/mol. The maximum atomic E-state index is 11.1. The molecule has 6 nitrogen and oxygen atoms in total. The van der Waals surface area contributed by atoms with Crippen molar-refractivity contribution in [3.8, 4) is 0 Å². The third kappa shape index (κ3) is 2.27. The maximum absolute atomic E-state index is 11.1. The molecule has 1 unspecified atom stereocenters. The van der Waals surface area contributed by atoms with Gasteiger partial charge in [-0.3, -0.25) is 10.1 Å². The average Bonchev–Trinajstić information content (AvgIpc) is 2.89. The molecule has 1 aliphatic heterocycles. The number of nitro groups is 1. The normalized spacial score (nSPS) is 19.4. The van der Waals surface area contributed by atoms with E-state index in [0.717, 1.165) is 36.8 Å². The Labute approximate surface area is 120 Å². The number of ether oxygens (including phenoxy) is 1. The molecule has 1 fully saturated rings. The molecule has 1 saturated heterocycles. The van der Waals surface area contributed by atoms with Gasteiger partial charge in [-0.25, -0.2) is 4.68 Å². The van der Waals surface area contributed by atoms with E-state index in [1.165, 1.54) is 11.8 Å². The number of nitrogens with zero attached hydrogens (tertiary/aromatic N) is 3. The van der Waals surface area contributed by atoms with Crippen LogP contribution in [-0.2, 0) is 4.74 Å². The van der Waals surface area contributed by atoms with E-state index >= 15 is 0 Å². The van der Waals surface area contributed by atoms with Crippen molar-refractivity contribution < 1.29 is 9.66 Å². The van der Waals surface area contributed by atoms with Crippen molar-refractivity contribution in [2.45, 2.75) is 30.4 Å². The van der Waals surface area contributed by atoms with E-state index in [4.69, 9.17) is 4.74 Å². The van der Waals surface area contributed by atoms with Crippen LogP contribution in [0, 0.1) is 10.1 Å². The van der Waals surface area contributed by atoms with E-state index in [2.05, 4.69) is 5.10 Å². The van der Waals surface area contributed by atoms with Crippen LogP contribution in [-0.4, -0.2) is 27.6 Å². The minimum atomic E-state index is -0.347. The molecule has 0 N–H and O–H groups in total. The number of aromatic nitrogens is 2. The highest BCUT2D eigenvalue weighted by atomic mass is 32.2. The first-order valence-corrected chi connectivity index (χ1v) is 7.74.